The predicted octanol–water partition coefficient (Wildman–Crippen LogP) is 3.41. The molecule has 1 unspecified atom stereocenters. The number of carbonyl (C=O) groups is 2. The van der Waals surface area contributed by atoms with E-state index in [0.29, 0.717) is 5.56 Å². The van der Waals surface area contributed by atoms with E-state index >= 15 is 0 Å². The van der Waals surface area contributed by atoms with Crippen LogP contribution in [0, 0.1) is 12.8 Å². The van der Waals surface area contributed by atoms with Gasteiger partial charge in [0.05, 0.1) is 6.42 Å². The number of rotatable bonds is 5. The minimum atomic E-state index is -0.829. The van der Waals surface area contributed by atoms with Crippen LogP contribution in [0.4, 0.5) is 0 Å². The summed E-state index contributed by atoms with van der Waals surface area (Å²) in [5.74, 6) is -0.784. The monoisotopic (exact) mass is 248 g/mol. The van der Waals surface area contributed by atoms with Crippen molar-refractivity contribution in [1.29, 1.82) is 0 Å². The van der Waals surface area contributed by atoms with Crippen molar-refractivity contribution in [3.63, 3.8) is 0 Å². The lowest BCUT2D eigenvalue weighted by molar-refractivity contribution is -0.137. The van der Waals surface area contributed by atoms with Crippen molar-refractivity contribution in [2.45, 2.75) is 40.0 Å². The third-order valence-electron chi connectivity index (χ3n) is 3.19. The van der Waals surface area contributed by atoms with Crippen molar-refractivity contribution in [3.05, 3.63) is 34.9 Å². The first-order valence-electron chi connectivity index (χ1n) is 6.16. The van der Waals surface area contributed by atoms with E-state index in [1.807, 2.05) is 32.9 Å². The molecule has 1 rings (SSSR count). The van der Waals surface area contributed by atoms with Crippen molar-refractivity contribution in [2.24, 2.45) is 5.92 Å². The van der Waals surface area contributed by atoms with Crippen LogP contribution in [0.2, 0.25) is 0 Å². The first kappa shape index (κ1) is 14.4. The lowest BCUT2D eigenvalue weighted by Gasteiger charge is -2.22. The zero-order chi connectivity index (χ0) is 13.9. The minimum Gasteiger partial charge on any atom is -0.481 e. The minimum absolute atomic E-state index is 0.0129. The maximum atomic E-state index is 11.6. The SMILES string of the molecule is CC(=O)c1ccc(C)cc1C(CC(=O)O)C(C)C. The van der Waals surface area contributed by atoms with Crippen LogP contribution < -0.4 is 0 Å². The van der Waals surface area contributed by atoms with Crippen molar-refractivity contribution < 1.29 is 14.7 Å². The third kappa shape index (κ3) is 3.42. The number of ketones is 1. The Kier molecular flexibility index (Phi) is 4.65. The second kappa shape index (κ2) is 5.80. The molecule has 0 aliphatic rings. The van der Waals surface area contributed by atoms with E-state index in [0.717, 1.165) is 11.1 Å². The molecule has 0 radical (unpaired) electrons. The van der Waals surface area contributed by atoms with Crippen molar-refractivity contribution in [2.75, 3.05) is 0 Å². The molecule has 0 aromatic heterocycles. The average Bonchev–Trinajstić information content (AvgIpc) is 2.24. The molecule has 0 spiro atoms. The Labute approximate surface area is 108 Å². The molecule has 0 saturated heterocycles. The zero-order valence-corrected chi connectivity index (χ0v) is 11.4. The Bertz CT molecular complexity index is 461. The number of benzene rings is 1. The predicted molar refractivity (Wildman–Crippen MR) is 71.0 cm³/mol. The van der Waals surface area contributed by atoms with Crippen LogP contribution in [0.1, 0.15) is 54.6 Å². The topological polar surface area (TPSA) is 54.4 Å². The smallest absolute Gasteiger partial charge is 0.303 e. The van der Waals surface area contributed by atoms with E-state index < -0.39 is 5.97 Å². The third-order valence-corrected chi connectivity index (χ3v) is 3.19. The zero-order valence-electron chi connectivity index (χ0n) is 11.4. The molecule has 1 atom stereocenters. The van der Waals surface area contributed by atoms with Gasteiger partial charge in [0.25, 0.3) is 0 Å². The molecule has 18 heavy (non-hydrogen) atoms. The van der Waals surface area contributed by atoms with Gasteiger partial charge in [-0.3, -0.25) is 9.59 Å². The molecule has 1 aromatic carbocycles. The van der Waals surface area contributed by atoms with Crippen LogP contribution >= 0.6 is 0 Å². The molecule has 0 fully saturated rings. The molecule has 0 bridgehead atoms. The van der Waals surface area contributed by atoms with Crippen LogP contribution in [0.3, 0.4) is 0 Å². The van der Waals surface area contributed by atoms with E-state index in [-0.39, 0.29) is 24.0 Å². The van der Waals surface area contributed by atoms with Gasteiger partial charge in [-0.2, -0.15) is 0 Å². The van der Waals surface area contributed by atoms with Crippen LogP contribution in [0.25, 0.3) is 0 Å². The largest absolute Gasteiger partial charge is 0.481 e. The summed E-state index contributed by atoms with van der Waals surface area (Å²) >= 11 is 0. The van der Waals surface area contributed by atoms with E-state index in [1.165, 1.54) is 6.92 Å². The first-order chi connectivity index (χ1) is 8.32. The fraction of sp³-hybridized carbons (Fsp3) is 0.467. The standard InChI is InChI=1S/C15H20O3/c1-9(2)13(8-15(17)18)14-7-10(3)5-6-12(14)11(4)16/h5-7,9,13H,8H2,1-4H3,(H,17,18). The molecule has 0 aliphatic heterocycles. The maximum Gasteiger partial charge on any atom is 0.303 e. The highest BCUT2D eigenvalue weighted by molar-refractivity contribution is 5.96. The van der Waals surface area contributed by atoms with Crippen LogP contribution in [-0.2, 0) is 4.79 Å². The Morgan fingerprint density at radius 1 is 1.28 bits per heavy atom. The highest BCUT2D eigenvalue weighted by Gasteiger charge is 2.23. The number of hydrogen-bond donors (Lipinski definition) is 1. The molecule has 0 saturated carbocycles. The molecule has 0 heterocycles. The molecule has 0 amide bonds. The summed E-state index contributed by atoms with van der Waals surface area (Å²) in [6, 6.07) is 5.62. The summed E-state index contributed by atoms with van der Waals surface area (Å²) in [6.45, 7) is 7.44. The van der Waals surface area contributed by atoms with Gasteiger partial charge in [0.15, 0.2) is 5.78 Å². The molecule has 0 aliphatic carbocycles. The molecule has 1 aromatic rings. The van der Waals surface area contributed by atoms with Crippen molar-refractivity contribution >= 4 is 11.8 Å². The van der Waals surface area contributed by atoms with Gasteiger partial charge < -0.3 is 5.11 Å². The summed E-state index contributed by atoms with van der Waals surface area (Å²) < 4.78 is 0. The maximum absolute atomic E-state index is 11.6. The fourth-order valence-corrected chi connectivity index (χ4v) is 2.20. The van der Waals surface area contributed by atoms with Crippen molar-refractivity contribution in [3.8, 4) is 0 Å². The van der Waals surface area contributed by atoms with Gasteiger partial charge in [0, 0.05) is 5.56 Å². The number of carboxylic acid groups (broad SMARTS) is 1. The van der Waals surface area contributed by atoms with Gasteiger partial charge in [-0.1, -0.05) is 37.6 Å². The molecule has 1 N–H and O–H groups in total. The quantitative estimate of drug-likeness (QED) is 0.812. The van der Waals surface area contributed by atoms with Crippen LogP contribution in [0.5, 0.6) is 0 Å². The fourth-order valence-electron chi connectivity index (χ4n) is 2.20. The Morgan fingerprint density at radius 3 is 2.33 bits per heavy atom. The van der Waals surface area contributed by atoms with Gasteiger partial charge in [0.2, 0.25) is 0 Å². The van der Waals surface area contributed by atoms with Gasteiger partial charge in [-0.15, -0.1) is 0 Å². The van der Waals surface area contributed by atoms with E-state index in [1.54, 1.807) is 6.07 Å². The number of Topliss-reactive ketones (excluding diaryl/α,β-unsaturated/α-hetero) is 1. The highest BCUT2D eigenvalue weighted by Crippen LogP contribution is 2.31. The summed E-state index contributed by atoms with van der Waals surface area (Å²) in [6.07, 6.45) is 0.0569. The summed E-state index contributed by atoms with van der Waals surface area (Å²) in [5.41, 5.74) is 2.55. The van der Waals surface area contributed by atoms with E-state index in [9.17, 15) is 9.59 Å². The van der Waals surface area contributed by atoms with E-state index in [4.69, 9.17) is 5.11 Å². The van der Waals surface area contributed by atoms with Gasteiger partial charge in [0.1, 0.15) is 0 Å². The van der Waals surface area contributed by atoms with Crippen LogP contribution in [0.15, 0.2) is 18.2 Å². The Hall–Kier alpha value is -1.64. The summed E-state index contributed by atoms with van der Waals surface area (Å²) in [4.78, 5) is 22.6. The van der Waals surface area contributed by atoms with Gasteiger partial charge in [-0.25, -0.2) is 0 Å². The normalized spacial score (nSPS) is 12.5. The number of aliphatic carboxylic acids is 1. The van der Waals surface area contributed by atoms with Gasteiger partial charge >= 0.3 is 5.97 Å². The molecular formula is C15H20O3. The second-order valence-corrected chi connectivity index (χ2v) is 5.10. The Balaban J connectivity index is 3.29. The number of carbonyl (C=O) groups excluding carboxylic acids is 1. The number of aryl methyl sites for hydroxylation is 1. The lowest BCUT2D eigenvalue weighted by Crippen LogP contribution is -2.15. The summed E-state index contributed by atoms with van der Waals surface area (Å²) in [5, 5.41) is 9.01. The molecule has 3 nitrogen and oxygen atoms in total. The van der Waals surface area contributed by atoms with E-state index in [2.05, 4.69) is 0 Å². The molecule has 3 heteroatoms. The molecular weight excluding hydrogens is 228 g/mol. The average molecular weight is 248 g/mol. The highest BCUT2D eigenvalue weighted by atomic mass is 16.4. The summed E-state index contributed by atoms with van der Waals surface area (Å²) in [7, 11) is 0. The molecule has 98 valence electrons. The second-order valence-electron chi connectivity index (χ2n) is 5.10. The Morgan fingerprint density at radius 2 is 1.89 bits per heavy atom. The first-order valence-corrected chi connectivity index (χ1v) is 6.16. The van der Waals surface area contributed by atoms with Crippen LogP contribution in [-0.4, -0.2) is 16.9 Å². The lowest BCUT2D eigenvalue weighted by atomic mass is 9.82. The number of carboxylic acids is 1. The van der Waals surface area contributed by atoms with Gasteiger partial charge in [-0.05, 0) is 31.2 Å². The van der Waals surface area contributed by atoms with Crippen molar-refractivity contribution in [1.82, 2.24) is 0 Å². The number of hydrogen-bond acceptors (Lipinski definition) is 2.